The van der Waals surface area contributed by atoms with Crippen molar-refractivity contribution in [1.29, 1.82) is 0 Å². The highest BCUT2D eigenvalue weighted by Crippen LogP contribution is 2.19. The van der Waals surface area contributed by atoms with E-state index in [2.05, 4.69) is 25.8 Å². The molecule has 106 valence electrons. The highest BCUT2D eigenvalue weighted by atomic mass is 79.9. The first kappa shape index (κ1) is 14.5. The van der Waals surface area contributed by atoms with Gasteiger partial charge < -0.3 is 5.11 Å². The summed E-state index contributed by atoms with van der Waals surface area (Å²) in [6, 6.07) is 6.67. The van der Waals surface area contributed by atoms with Gasteiger partial charge in [0.2, 0.25) is 0 Å². The topological polar surface area (TPSA) is 101 Å². The van der Waals surface area contributed by atoms with Crippen molar-refractivity contribution in [1.82, 2.24) is 9.78 Å². The van der Waals surface area contributed by atoms with E-state index in [1.54, 1.807) is 24.3 Å². The molecule has 1 aromatic carbocycles. The minimum absolute atomic E-state index is 0.0984. The number of halogens is 1. The largest absolute Gasteiger partial charge is 0.480 e. The van der Waals surface area contributed by atoms with Gasteiger partial charge in [0.1, 0.15) is 11.4 Å². The summed E-state index contributed by atoms with van der Waals surface area (Å²) in [5.41, 5.74) is 0.394. The molecular formula is C11H10BrN3O4S. The molecule has 2 rings (SSSR count). The molecule has 0 aliphatic heterocycles. The molecule has 0 bridgehead atoms. The van der Waals surface area contributed by atoms with Crippen LogP contribution in [0.2, 0.25) is 0 Å². The van der Waals surface area contributed by atoms with E-state index in [0.29, 0.717) is 5.69 Å². The summed E-state index contributed by atoms with van der Waals surface area (Å²) in [4.78, 5) is 10.4. The van der Waals surface area contributed by atoms with E-state index in [0.717, 1.165) is 21.5 Å². The van der Waals surface area contributed by atoms with E-state index in [-0.39, 0.29) is 4.90 Å². The van der Waals surface area contributed by atoms with Crippen LogP contribution in [-0.4, -0.2) is 29.3 Å². The third-order valence-corrected chi connectivity index (χ3v) is 4.12. The number of nitrogens with one attached hydrogen (secondary N) is 1. The van der Waals surface area contributed by atoms with E-state index in [1.165, 1.54) is 0 Å². The Hall–Kier alpha value is -1.87. The third-order valence-electron chi connectivity index (χ3n) is 2.29. The number of anilines is 1. The zero-order chi connectivity index (χ0) is 14.8. The average molecular weight is 360 g/mol. The van der Waals surface area contributed by atoms with Gasteiger partial charge in [-0.15, -0.1) is 0 Å². The lowest BCUT2D eigenvalue weighted by Crippen LogP contribution is -2.13. The first-order valence-electron chi connectivity index (χ1n) is 5.39. The summed E-state index contributed by atoms with van der Waals surface area (Å²) in [6.07, 6.45) is 2.26. The number of benzene rings is 1. The van der Waals surface area contributed by atoms with Gasteiger partial charge in [0.15, 0.2) is 0 Å². The first-order chi connectivity index (χ1) is 9.37. The molecule has 1 aromatic heterocycles. The maximum atomic E-state index is 12.1. The maximum Gasteiger partial charge on any atom is 0.325 e. The summed E-state index contributed by atoms with van der Waals surface area (Å²) in [5, 5.41) is 12.3. The molecule has 0 aliphatic carbocycles. The Kier molecular flexibility index (Phi) is 4.09. The van der Waals surface area contributed by atoms with Crippen LogP contribution in [0.4, 0.5) is 5.69 Å². The fraction of sp³-hybridized carbons (Fsp3) is 0.0909. The van der Waals surface area contributed by atoms with Crippen molar-refractivity contribution in [3.8, 4) is 0 Å². The molecule has 9 heteroatoms. The molecule has 0 spiro atoms. The van der Waals surface area contributed by atoms with Crippen LogP contribution in [0.15, 0.2) is 46.0 Å². The molecule has 0 amide bonds. The predicted octanol–water partition coefficient (Wildman–Crippen LogP) is 1.53. The maximum absolute atomic E-state index is 12.1. The van der Waals surface area contributed by atoms with Crippen LogP contribution in [0.25, 0.3) is 0 Å². The Bertz CT molecular complexity index is 742. The number of aromatic nitrogens is 2. The molecule has 2 aromatic rings. The molecule has 0 unspecified atom stereocenters. The molecule has 20 heavy (non-hydrogen) atoms. The molecule has 1 heterocycles. The molecular weight excluding hydrogens is 350 g/mol. The number of carboxylic acids is 1. The molecule has 0 saturated carbocycles. The van der Waals surface area contributed by atoms with Gasteiger partial charge in [0.25, 0.3) is 10.0 Å². The van der Waals surface area contributed by atoms with Crippen LogP contribution < -0.4 is 4.72 Å². The molecule has 0 radical (unpaired) electrons. The van der Waals surface area contributed by atoms with E-state index in [9.17, 15) is 13.2 Å². The number of hydrogen-bond donors (Lipinski definition) is 2. The van der Waals surface area contributed by atoms with Gasteiger partial charge >= 0.3 is 5.97 Å². The highest BCUT2D eigenvalue weighted by molar-refractivity contribution is 9.10. The van der Waals surface area contributed by atoms with Gasteiger partial charge in [-0.2, -0.15) is 5.10 Å². The summed E-state index contributed by atoms with van der Waals surface area (Å²) >= 11 is 3.24. The molecule has 0 atom stereocenters. The number of hydrogen-bond acceptors (Lipinski definition) is 4. The highest BCUT2D eigenvalue weighted by Gasteiger charge is 2.17. The fourth-order valence-electron chi connectivity index (χ4n) is 1.47. The van der Waals surface area contributed by atoms with Crippen LogP contribution in [-0.2, 0) is 21.4 Å². The molecule has 0 fully saturated rings. The lowest BCUT2D eigenvalue weighted by Gasteiger charge is -2.06. The van der Waals surface area contributed by atoms with E-state index in [1.807, 2.05) is 0 Å². The summed E-state index contributed by atoms with van der Waals surface area (Å²) in [7, 11) is -3.79. The monoisotopic (exact) mass is 359 g/mol. The van der Waals surface area contributed by atoms with Crippen molar-refractivity contribution in [3.63, 3.8) is 0 Å². The van der Waals surface area contributed by atoms with Gasteiger partial charge in [-0.25, -0.2) is 8.42 Å². The van der Waals surface area contributed by atoms with Crippen molar-refractivity contribution in [3.05, 3.63) is 41.1 Å². The average Bonchev–Trinajstić information content (AvgIpc) is 2.76. The van der Waals surface area contributed by atoms with Crippen molar-refractivity contribution >= 4 is 37.6 Å². The number of sulfonamides is 1. The number of carbonyl (C=O) groups is 1. The first-order valence-corrected chi connectivity index (χ1v) is 7.67. The zero-order valence-electron chi connectivity index (χ0n) is 10.0. The standard InChI is InChI=1S/C11H10BrN3O4S/c12-8-2-1-3-9(4-8)14-20(18,19)10-5-13-15(6-10)7-11(16)17/h1-6,14H,7H2,(H,16,17). The van der Waals surface area contributed by atoms with Gasteiger partial charge in [-0.05, 0) is 18.2 Å². The van der Waals surface area contributed by atoms with E-state index < -0.39 is 22.5 Å². The van der Waals surface area contributed by atoms with Crippen LogP contribution in [0.5, 0.6) is 0 Å². The van der Waals surface area contributed by atoms with Crippen LogP contribution in [0, 0.1) is 0 Å². The molecule has 7 nitrogen and oxygen atoms in total. The quantitative estimate of drug-likeness (QED) is 0.842. The lowest BCUT2D eigenvalue weighted by atomic mass is 10.3. The van der Waals surface area contributed by atoms with E-state index >= 15 is 0 Å². The number of aliphatic carboxylic acids is 1. The normalized spacial score (nSPS) is 11.2. The zero-order valence-corrected chi connectivity index (χ0v) is 12.4. The second kappa shape index (κ2) is 5.63. The Labute approximate surface area is 123 Å². The Morgan fingerprint density at radius 2 is 2.20 bits per heavy atom. The molecule has 0 aliphatic rings. The SMILES string of the molecule is O=C(O)Cn1cc(S(=O)(=O)Nc2cccc(Br)c2)cn1. The number of nitrogens with zero attached hydrogens (tertiary/aromatic N) is 2. The van der Waals surface area contributed by atoms with E-state index in [4.69, 9.17) is 5.11 Å². The van der Waals surface area contributed by atoms with Crippen molar-refractivity contribution in [2.24, 2.45) is 0 Å². The van der Waals surface area contributed by atoms with Gasteiger partial charge in [0.05, 0.1) is 6.20 Å². The number of rotatable bonds is 5. The minimum Gasteiger partial charge on any atom is -0.480 e. The number of carboxylic acid groups (broad SMARTS) is 1. The van der Waals surface area contributed by atoms with Crippen molar-refractivity contribution in [2.75, 3.05) is 4.72 Å². The van der Waals surface area contributed by atoms with Gasteiger partial charge in [-0.1, -0.05) is 22.0 Å². The van der Waals surface area contributed by atoms with Gasteiger partial charge in [-0.3, -0.25) is 14.2 Å². The second-order valence-electron chi connectivity index (χ2n) is 3.88. The summed E-state index contributed by atoms with van der Waals surface area (Å²) < 4.78 is 28.3. The van der Waals surface area contributed by atoms with Gasteiger partial charge in [0, 0.05) is 16.4 Å². The summed E-state index contributed by atoms with van der Waals surface area (Å²) in [5.74, 6) is -1.10. The Morgan fingerprint density at radius 3 is 2.85 bits per heavy atom. The second-order valence-corrected chi connectivity index (χ2v) is 6.48. The summed E-state index contributed by atoms with van der Waals surface area (Å²) in [6.45, 7) is -0.396. The van der Waals surface area contributed by atoms with Crippen LogP contribution in [0.1, 0.15) is 0 Å². The Balaban J connectivity index is 2.22. The lowest BCUT2D eigenvalue weighted by molar-refractivity contribution is -0.137. The smallest absolute Gasteiger partial charge is 0.325 e. The minimum atomic E-state index is -3.79. The van der Waals surface area contributed by atoms with Crippen LogP contribution in [0.3, 0.4) is 0 Å². The molecule has 2 N–H and O–H groups in total. The predicted molar refractivity (Wildman–Crippen MR) is 74.8 cm³/mol. The molecule has 0 saturated heterocycles. The van der Waals surface area contributed by atoms with Crippen LogP contribution >= 0.6 is 15.9 Å². The van der Waals surface area contributed by atoms with Crippen molar-refractivity contribution in [2.45, 2.75) is 11.4 Å². The van der Waals surface area contributed by atoms with Crippen molar-refractivity contribution < 1.29 is 18.3 Å². The fourth-order valence-corrected chi connectivity index (χ4v) is 2.88. The third kappa shape index (κ3) is 3.58. The Morgan fingerprint density at radius 1 is 1.45 bits per heavy atom.